The van der Waals surface area contributed by atoms with Gasteiger partial charge < -0.3 is 0 Å². The lowest BCUT2D eigenvalue weighted by Gasteiger charge is -2.02. The first kappa shape index (κ1) is 10.8. The van der Waals surface area contributed by atoms with Gasteiger partial charge in [0.15, 0.2) is 0 Å². The fourth-order valence-electron chi connectivity index (χ4n) is 1.35. The van der Waals surface area contributed by atoms with Crippen molar-refractivity contribution < 1.29 is 0 Å². The van der Waals surface area contributed by atoms with E-state index in [0.717, 1.165) is 29.0 Å². The van der Waals surface area contributed by atoms with Gasteiger partial charge in [0, 0.05) is 6.42 Å². The third-order valence-corrected chi connectivity index (χ3v) is 3.29. The van der Waals surface area contributed by atoms with Gasteiger partial charge in [-0.3, -0.25) is 0 Å². The highest BCUT2D eigenvalue weighted by molar-refractivity contribution is 9.10. The Morgan fingerprint density at radius 1 is 1.40 bits per heavy atom. The van der Waals surface area contributed by atoms with Gasteiger partial charge in [0.2, 0.25) is 0 Å². The van der Waals surface area contributed by atoms with E-state index in [-0.39, 0.29) is 0 Å². The van der Waals surface area contributed by atoms with Crippen molar-refractivity contribution in [3.8, 4) is 10.6 Å². The van der Waals surface area contributed by atoms with E-state index in [9.17, 15) is 0 Å². The molecule has 0 aliphatic rings. The summed E-state index contributed by atoms with van der Waals surface area (Å²) in [7, 11) is 0. The fourth-order valence-corrected chi connectivity index (χ4v) is 2.46. The summed E-state index contributed by atoms with van der Waals surface area (Å²) in [5.74, 6) is 0.912. The van der Waals surface area contributed by atoms with Crippen molar-refractivity contribution in [2.45, 2.75) is 19.8 Å². The Hall–Kier alpha value is -0.740. The number of hydrogen-bond acceptors (Lipinski definition) is 3. The zero-order chi connectivity index (χ0) is 10.7. The number of hydrogen-bond donors (Lipinski definition) is 0. The molecule has 0 aliphatic carbocycles. The maximum absolute atomic E-state index is 4.54. The Kier molecular flexibility index (Phi) is 3.49. The molecule has 2 heterocycles. The second-order valence-electron chi connectivity index (χ2n) is 3.22. The molecule has 2 rings (SSSR count). The van der Waals surface area contributed by atoms with Crippen molar-refractivity contribution in [1.29, 1.82) is 0 Å². The van der Waals surface area contributed by atoms with Crippen molar-refractivity contribution in [2.24, 2.45) is 0 Å². The normalized spacial score (nSPS) is 10.5. The minimum absolute atomic E-state index is 0.865. The molecule has 0 unspecified atom stereocenters. The van der Waals surface area contributed by atoms with Crippen LogP contribution in [0.2, 0.25) is 0 Å². The lowest BCUT2D eigenvalue weighted by molar-refractivity contribution is 0.831. The molecule has 0 saturated heterocycles. The molecule has 2 aromatic rings. The van der Waals surface area contributed by atoms with Gasteiger partial charge in [-0.05, 0) is 39.9 Å². The Morgan fingerprint density at radius 2 is 2.27 bits per heavy atom. The van der Waals surface area contributed by atoms with Gasteiger partial charge in [0.05, 0.1) is 10.6 Å². The third-order valence-electron chi connectivity index (χ3n) is 1.99. The van der Waals surface area contributed by atoms with Crippen LogP contribution in [0, 0.1) is 0 Å². The Balaban J connectivity index is 2.40. The van der Waals surface area contributed by atoms with E-state index in [1.807, 2.05) is 12.1 Å². The zero-order valence-corrected chi connectivity index (χ0v) is 10.8. The molecule has 0 saturated carbocycles. The molecular weight excluding hydrogens is 272 g/mol. The predicted octanol–water partition coefficient (Wildman–Crippen LogP) is 3.92. The number of aromatic nitrogens is 2. The van der Waals surface area contributed by atoms with Crippen molar-refractivity contribution in [3.05, 3.63) is 34.0 Å². The van der Waals surface area contributed by atoms with Crippen LogP contribution < -0.4 is 0 Å². The summed E-state index contributed by atoms with van der Waals surface area (Å²) < 4.78 is 0.865. The zero-order valence-electron chi connectivity index (χ0n) is 8.40. The summed E-state index contributed by atoms with van der Waals surface area (Å²) in [4.78, 5) is 10.1. The number of thiophene rings is 1. The highest BCUT2D eigenvalue weighted by atomic mass is 79.9. The molecule has 78 valence electrons. The van der Waals surface area contributed by atoms with Crippen molar-refractivity contribution in [1.82, 2.24) is 9.97 Å². The van der Waals surface area contributed by atoms with E-state index in [1.54, 1.807) is 11.3 Å². The van der Waals surface area contributed by atoms with Crippen LogP contribution in [-0.4, -0.2) is 9.97 Å². The molecule has 0 atom stereocenters. The van der Waals surface area contributed by atoms with Gasteiger partial charge in [0.25, 0.3) is 0 Å². The third kappa shape index (κ3) is 2.63. The molecule has 0 spiro atoms. The number of nitrogens with zero attached hydrogens (tertiary/aromatic N) is 2. The van der Waals surface area contributed by atoms with Crippen LogP contribution in [0.4, 0.5) is 0 Å². The lowest BCUT2D eigenvalue weighted by Crippen LogP contribution is -1.96. The summed E-state index contributed by atoms with van der Waals surface area (Å²) >= 11 is 5.12. The number of halogens is 1. The molecule has 0 bridgehead atoms. The molecule has 2 nitrogen and oxygen atoms in total. The first-order chi connectivity index (χ1) is 7.29. The molecule has 15 heavy (non-hydrogen) atoms. The summed E-state index contributed by atoms with van der Waals surface area (Å²) in [6, 6.07) is 6.08. The van der Waals surface area contributed by atoms with Gasteiger partial charge in [0.1, 0.15) is 10.4 Å². The molecule has 0 N–H and O–H groups in total. The lowest BCUT2D eigenvalue weighted by atomic mass is 10.3. The molecule has 4 heteroatoms. The van der Waals surface area contributed by atoms with E-state index in [0.29, 0.717) is 0 Å². The molecular formula is C11H11BrN2S. The average molecular weight is 283 g/mol. The minimum Gasteiger partial charge on any atom is -0.232 e. The number of rotatable bonds is 3. The molecule has 0 aliphatic heterocycles. The van der Waals surface area contributed by atoms with Gasteiger partial charge in [-0.2, -0.15) is 0 Å². The van der Waals surface area contributed by atoms with Gasteiger partial charge in [-0.15, -0.1) is 11.3 Å². The molecule has 0 amide bonds. The highest BCUT2D eigenvalue weighted by Crippen LogP contribution is 2.24. The molecule has 0 radical (unpaired) electrons. The summed E-state index contributed by atoms with van der Waals surface area (Å²) in [5.41, 5.74) is 1.01. The van der Waals surface area contributed by atoms with Crippen LogP contribution in [0.3, 0.4) is 0 Å². The first-order valence-corrected chi connectivity index (χ1v) is 6.54. The van der Waals surface area contributed by atoms with Crippen LogP contribution in [0.25, 0.3) is 10.6 Å². The first-order valence-electron chi connectivity index (χ1n) is 4.87. The molecule has 0 fully saturated rings. The monoisotopic (exact) mass is 282 g/mol. The second kappa shape index (κ2) is 4.86. The summed E-state index contributed by atoms with van der Waals surface area (Å²) in [5, 5.41) is 2.06. The summed E-state index contributed by atoms with van der Waals surface area (Å²) in [6.07, 6.45) is 2.00. The summed E-state index contributed by atoms with van der Waals surface area (Å²) in [6.45, 7) is 2.13. The highest BCUT2D eigenvalue weighted by Gasteiger charge is 2.05. The van der Waals surface area contributed by atoms with Crippen LogP contribution >= 0.6 is 27.3 Å². The van der Waals surface area contributed by atoms with E-state index < -0.39 is 0 Å². The van der Waals surface area contributed by atoms with Crippen LogP contribution in [-0.2, 0) is 6.42 Å². The smallest absolute Gasteiger partial charge is 0.130 e. The topological polar surface area (TPSA) is 25.8 Å². The van der Waals surface area contributed by atoms with Gasteiger partial charge in [-0.25, -0.2) is 9.97 Å². The van der Waals surface area contributed by atoms with Crippen molar-refractivity contribution in [2.75, 3.05) is 0 Å². The minimum atomic E-state index is 0.865. The SMILES string of the molecule is CCCc1nc(Br)cc(-c2cccs2)n1. The quantitative estimate of drug-likeness (QED) is 0.798. The largest absolute Gasteiger partial charge is 0.232 e. The van der Waals surface area contributed by atoms with E-state index in [1.165, 1.54) is 4.88 Å². The maximum Gasteiger partial charge on any atom is 0.130 e. The standard InChI is InChI=1S/C11H11BrN2S/c1-2-4-11-13-8(7-10(12)14-11)9-5-3-6-15-9/h3,5-7H,2,4H2,1H3. The van der Waals surface area contributed by atoms with Gasteiger partial charge >= 0.3 is 0 Å². The Labute approximate surface area is 102 Å². The fraction of sp³-hybridized carbons (Fsp3) is 0.273. The number of aryl methyl sites for hydroxylation is 1. The van der Waals surface area contributed by atoms with Gasteiger partial charge in [-0.1, -0.05) is 13.0 Å². The van der Waals surface area contributed by atoms with E-state index in [2.05, 4.69) is 44.3 Å². The van der Waals surface area contributed by atoms with Crippen molar-refractivity contribution >= 4 is 27.3 Å². The Morgan fingerprint density at radius 3 is 2.93 bits per heavy atom. The maximum atomic E-state index is 4.54. The molecule has 0 aromatic carbocycles. The van der Waals surface area contributed by atoms with E-state index >= 15 is 0 Å². The van der Waals surface area contributed by atoms with Crippen LogP contribution in [0.1, 0.15) is 19.2 Å². The Bertz CT molecular complexity index is 440. The average Bonchev–Trinajstić information content (AvgIpc) is 2.70. The van der Waals surface area contributed by atoms with E-state index in [4.69, 9.17) is 0 Å². The van der Waals surface area contributed by atoms with Crippen LogP contribution in [0.5, 0.6) is 0 Å². The second-order valence-corrected chi connectivity index (χ2v) is 4.98. The predicted molar refractivity (Wildman–Crippen MR) is 67.0 cm³/mol. The van der Waals surface area contributed by atoms with Crippen LogP contribution in [0.15, 0.2) is 28.2 Å². The van der Waals surface area contributed by atoms with Crippen molar-refractivity contribution in [3.63, 3.8) is 0 Å². The molecule has 2 aromatic heterocycles.